The molecule has 1 heterocycles. The van der Waals surface area contributed by atoms with Gasteiger partial charge < -0.3 is 24.2 Å². The number of nitrogens with zero attached hydrogens (tertiary/aromatic N) is 1. The molecule has 3 aromatic rings. The summed E-state index contributed by atoms with van der Waals surface area (Å²) in [6, 6.07) is 17.7. The number of benzene rings is 3. The van der Waals surface area contributed by atoms with Gasteiger partial charge in [0.1, 0.15) is 23.9 Å². The lowest BCUT2D eigenvalue weighted by molar-refractivity contribution is -0.148. The second-order valence-electron chi connectivity index (χ2n) is 8.39. The third-order valence-corrected chi connectivity index (χ3v) is 6.40. The highest BCUT2D eigenvalue weighted by Crippen LogP contribution is 2.41. The SMILES string of the molecule is COC(=O)[C@@H](C)[C@@H](O)c1ccc2c(c1)N(C)C(c1ccc(-c3cc(OC)ccc3F)cc1)CO2. The van der Waals surface area contributed by atoms with Crippen LogP contribution in [0.5, 0.6) is 11.5 Å². The molecule has 0 spiro atoms. The third kappa shape index (κ3) is 4.43. The van der Waals surface area contributed by atoms with E-state index in [0.717, 1.165) is 16.8 Å². The molecule has 0 saturated carbocycles. The van der Waals surface area contributed by atoms with E-state index in [1.54, 1.807) is 38.3 Å². The Balaban J connectivity index is 1.59. The summed E-state index contributed by atoms with van der Waals surface area (Å²) in [7, 11) is 4.82. The fourth-order valence-corrected chi connectivity index (χ4v) is 4.23. The highest BCUT2D eigenvalue weighted by Gasteiger charge is 2.29. The van der Waals surface area contributed by atoms with Crippen LogP contribution in [-0.2, 0) is 9.53 Å². The molecule has 3 aromatic carbocycles. The highest BCUT2D eigenvalue weighted by atomic mass is 19.1. The summed E-state index contributed by atoms with van der Waals surface area (Å²) in [6.07, 6.45) is -0.997. The van der Waals surface area contributed by atoms with Gasteiger partial charge in [0.05, 0.1) is 38.0 Å². The maximum atomic E-state index is 14.4. The summed E-state index contributed by atoms with van der Waals surface area (Å²) >= 11 is 0. The number of carbonyl (C=O) groups excluding carboxylic acids is 1. The summed E-state index contributed by atoms with van der Waals surface area (Å²) in [6.45, 7) is 2.07. The Morgan fingerprint density at radius 1 is 1.12 bits per heavy atom. The number of ether oxygens (including phenoxy) is 3. The minimum atomic E-state index is -0.997. The van der Waals surface area contributed by atoms with Crippen molar-refractivity contribution in [1.29, 1.82) is 0 Å². The van der Waals surface area contributed by atoms with Crippen LogP contribution in [0.2, 0.25) is 0 Å². The first-order valence-corrected chi connectivity index (χ1v) is 11.0. The predicted molar refractivity (Wildman–Crippen MR) is 128 cm³/mol. The molecule has 6 nitrogen and oxygen atoms in total. The van der Waals surface area contributed by atoms with Crippen molar-refractivity contribution in [2.75, 3.05) is 32.8 Å². The molecule has 0 fully saturated rings. The van der Waals surface area contributed by atoms with E-state index < -0.39 is 18.0 Å². The molecular weight excluding hydrogens is 437 g/mol. The van der Waals surface area contributed by atoms with Crippen LogP contribution in [0.4, 0.5) is 10.1 Å². The second-order valence-corrected chi connectivity index (χ2v) is 8.39. The lowest BCUT2D eigenvalue weighted by Crippen LogP contribution is -2.33. The largest absolute Gasteiger partial charge is 0.497 e. The van der Waals surface area contributed by atoms with E-state index in [2.05, 4.69) is 4.90 Å². The quantitative estimate of drug-likeness (QED) is 0.522. The molecule has 0 bridgehead atoms. The highest BCUT2D eigenvalue weighted by molar-refractivity contribution is 5.73. The van der Waals surface area contributed by atoms with E-state index in [-0.39, 0.29) is 11.9 Å². The molecule has 3 atom stereocenters. The molecule has 1 N–H and O–H groups in total. The third-order valence-electron chi connectivity index (χ3n) is 6.40. The average molecular weight is 466 g/mol. The number of likely N-dealkylation sites (N-methyl/N-ethyl adjacent to an activating group) is 1. The molecule has 0 saturated heterocycles. The van der Waals surface area contributed by atoms with Crippen LogP contribution in [0.25, 0.3) is 11.1 Å². The molecule has 1 unspecified atom stereocenters. The van der Waals surface area contributed by atoms with Crippen molar-refractivity contribution >= 4 is 11.7 Å². The first-order chi connectivity index (χ1) is 16.3. The van der Waals surface area contributed by atoms with Crippen molar-refractivity contribution in [1.82, 2.24) is 0 Å². The van der Waals surface area contributed by atoms with Crippen LogP contribution >= 0.6 is 0 Å². The van der Waals surface area contributed by atoms with Gasteiger partial charge in [-0.3, -0.25) is 4.79 Å². The Bertz CT molecular complexity index is 1180. The second kappa shape index (κ2) is 9.73. The van der Waals surface area contributed by atoms with Crippen molar-refractivity contribution in [2.24, 2.45) is 5.92 Å². The van der Waals surface area contributed by atoms with Crippen molar-refractivity contribution in [3.63, 3.8) is 0 Å². The number of fused-ring (bicyclic) bond motifs is 1. The van der Waals surface area contributed by atoms with E-state index in [0.29, 0.717) is 29.2 Å². The Morgan fingerprint density at radius 2 is 1.85 bits per heavy atom. The van der Waals surface area contributed by atoms with Crippen LogP contribution < -0.4 is 14.4 Å². The molecule has 7 heteroatoms. The van der Waals surface area contributed by atoms with Gasteiger partial charge in [0.15, 0.2) is 0 Å². The summed E-state index contributed by atoms with van der Waals surface area (Å²) in [5, 5.41) is 10.7. The number of esters is 1. The van der Waals surface area contributed by atoms with Gasteiger partial charge >= 0.3 is 5.97 Å². The minimum Gasteiger partial charge on any atom is -0.497 e. The smallest absolute Gasteiger partial charge is 0.311 e. The number of anilines is 1. The zero-order valence-corrected chi connectivity index (χ0v) is 19.6. The number of methoxy groups -OCH3 is 2. The lowest BCUT2D eigenvalue weighted by Gasteiger charge is -2.36. The van der Waals surface area contributed by atoms with Crippen molar-refractivity contribution < 1.29 is 28.5 Å². The van der Waals surface area contributed by atoms with Gasteiger partial charge in [0, 0.05) is 12.6 Å². The molecule has 0 radical (unpaired) electrons. The first-order valence-electron chi connectivity index (χ1n) is 11.0. The molecule has 0 amide bonds. The average Bonchev–Trinajstić information content (AvgIpc) is 2.88. The van der Waals surface area contributed by atoms with Crippen molar-refractivity contribution in [2.45, 2.75) is 19.1 Å². The Morgan fingerprint density at radius 3 is 2.53 bits per heavy atom. The van der Waals surface area contributed by atoms with E-state index in [1.165, 1.54) is 13.2 Å². The molecular formula is C27H28FNO5. The maximum absolute atomic E-state index is 14.4. The molecule has 178 valence electrons. The molecule has 4 rings (SSSR count). The van der Waals surface area contributed by atoms with Gasteiger partial charge in [-0.2, -0.15) is 0 Å². The Hall–Kier alpha value is -3.58. The number of hydrogen-bond acceptors (Lipinski definition) is 6. The summed E-state index contributed by atoms with van der Waals surface area (Å²) in [5.41, 5.74) is 3.66. The normalized spacial score (nSPS) is 16.8. The van der Waals surface area contributed by atoms with E-state index in [4.69, 9.17) is 14.2 Å². The number of rotatable bonds is 6. The predicted octanol–water partition coefficient (Wildman–Crippen LogP) is 4.91. The maximum Gasteiger partial charge on any atom is 0.311 e. The Labute approximate surface area is 198 Å². The number of hydrogen-bond donors (Lipinski definition) is 1. The van der Waals surface area contributed by atoms with Crippen LogP contribution in [0.15, 0.2) is 60.7 Å². The molecule has 0 aliphatic carbocycles. The topological polar surface area (TPSA) is 68.2 Å². The van der Waals surface area contributed by atoms with Crippen LogP contribution in [0.3, 0.4) is 0 Å². The first kappa shape index (κ1) is 23.6. The van der Waals surface area contributed by atoms with Crippen molar-refractivity contribution in [3.05, 3.63) is 77.6 Å². The van der Waals surface area contributed by atoms with Crippen molar-refractivity contribution in [3.8, 4) is 22.6 Å². The summed E-state index contributed by atoms with van der Waals surface area (Å²) in [5.74, 6) is -0.182. The van der Waals surface area contributed by atoms with Gasteiger partial charge in [0.25, 0.3) is 0 Å². The summed E-state index contributed by atoms with van der Waals surface area (Å²) in [4.78, 5) is 13.9. The van der Waals surface area contributed by atoms with Gasteiger partial charge in [-0.25, -0.2) is 4.39 Å². The van der Waals surface area contributed by atoms with Gasteiger partial charge in [-0.15, -0.1) is 0 Å². The van der Waals surface area contributed by atoms with E-state index in [9.17, 15) is 14.3 Å². The number of carbonyl (C=O) groups is 1. The Kier molecular flexibility index (Phi) is 6.75. The minimum absolute atomic E-state index is 0.0814. The zero-order valence-electron chi connectivity index (χ0n) is 19.6. The number of halogens is 1. The summed E-state index contributed by atoms with van der Waals surface area (Å²) < 4.78 is 30.4. The monoisotopic (exact) mass is 465 g/mol. The molecule has 1 aliphatic rings. The van der Waals surface area contributed by atoms with Crippen LogP contribution in [0.1, 0.15) is 30.2 Å². The van der Waals surface area contributed by atoms with Crippen LogP contribution in [0, 0.1) is 11.7 Å². The zero-order chi connectivity index (χ0) is 24.4. The lowest BCUT2D eigenvalue weighted by atomic mass is 9.95. The fraction of sp³-hybridized carbons (Fsp3) is 0.296. The molecule has 34 heavy (non-hydrogen) atoms. The fourth-order valence-electron chi connectivity index (χ4n) is 4.23. The number of aliphatic hydroxyl groups excluding tert-OH is 1. The van der Waals surface area contributed by atoms with Crippen LogP contribution in [-0.4, -0.2) is 38.9 Å². The van der Waals surface area contributed by atoms with E-state index in [1.807, 2.05) is 37.4 Å². The molecule has 1 aliphatic heterocycles. The number of aliphatic hydroxyl groups is 1. The van der Waals surface area contributed by atoms with E-state index >= 15 is 0 Å². The molecule has 0 aromatic heterocycles. The standard InChI is InChI=1S/C27H28FNO5/c1-16(27(31)33-4)26(30)19-9-12-25-23(13-19)29(2)24(15-34-25)18-7-5-17(6-8-18)21-14-20(32-3)10-11-22(21)28/h5-14,16,24,26,30H,15H2,1-4H3/t16-,24?,26+/m0/s1. The van der Waals surface area contributed by atoms with Gasteiger partial charge in [-0.05, 0) is 53.9 Å². The van der Waals surface area contributed by atoms with Gasteiger partial charge in [-0.1, -0.05) is 30.3 Å². The van der Waals surface area contributed by atoms with Gasteiger partial charge in [0.2, 0.25) is 0 Å².